The van der Waals surface area contributed by atoms with Gasteiger partial charge in [-0.05, 0) is 31.5 Å². The Morgan fingerprint density at radius 1 is 1.22 bits per heavy atom. The van der Waals surface area contributed by atoms with Gasteiger partial charge in [0.2, 0.25) is 0 Å². The van der Waals surface area contributed by atoms with Crippen LogP contribution in [-0.4, -0.2) is 25.0 Å². The topological polar surface area (TPSA) is 26.0 Å². The number of rotatable bonds is 5. The molecule has 0 aromatic heterocycles. The molecule has 0 rings (SSSR count). The van der Waals surface area contributed by atoms with Gasteiger partial charge < -0.3 is 5.73 Å². The summed E-state index contributed by atoms with van der Waals surface area (Å²) in [5, 5.41) is 0. The van der Waals surface area contributed by atoms with E-state index >= 15 is 0 Å². The summed E-state index contributed by atoms with van der Waals surface area (Å²) in [5.74, 6) is 0. The Labute approximate surface area is 59.8 Å². The predicted octanol–water partition coefficient (Wildman–Crippen LogP) is 1.86. The maximum atomic E-state index is 5.40. The molecule has 0 saturated heterocycles. The standard InChI is InChI=1S/C7H18NP/c1-3-9(4-2)7-5-6-8/h3-8H2,1-2H3. The lowest BCUT2D eigenvalue weighted by atomic mass is 10.5. The van der Waals surface area contributed by atoms with E-state index in [-0.39, 0.29) is 0 Å². The lowest BCUT2D eigenvalue weighted by Crippen LogP contribution is -2.01. The van der Waals surface area contributed by atoms with E-state index in [1.807, 2.05) is 0 Å². The normalized spacial score (nSPS) is 10.7. The van der Waals surface area contributed by atoms with Crippen molar-refractivity contribution in [2.45, 2.75) is 20.3 Å². The third-order valence-corrected chi connectivity index (χ3v) is 4.31. The first kappa shape index (κ1) is 9.39. The van der Waals surface area contributed by atoms with Crippen LogP contribution in [0.5, 0.6) is 0 Å². The molecule has 0 heterocycles. The van der Waals surface area contributed by atoms with Crippen LogP contribution in [-0.2, 0) is 0 Å². The first-order valence-corrected chi connectivity index (χ1v) is 5.67. The number of nitrogens with two attached hydrogens (primary N) is 1. The number of hydrogen-bond acceptors (Lipinski definition) is 1. The molecule has 9 heavy (non-hydrogen) atoms. The van der Waals surface area contributed by atoms with Crippen molar-refractivity contribution in [3.63, 3.8) is 0 Å². The molecule has 0 radical (unpaired) electrons. The Balaban J connectivity index is 3.09. The van der Waals surface area contributed by atoms with Gasteiger partial charge in [0.1, 0.15) is 0 Å². The second-order valence-electron chi connectivity index (χ2n) is 2.17. The zero-order chi connectivity index (χ0) is 7.11. The molecule has 0 bridgehead atoms. The fourth-order valence-electron chi connectivity index (χ4n) is 0.855. The van der Waals surface area contributed by atoms with Crippen molar-refractivity contribution in [2.75, 3.05) is 25.0 Å². The summed E-state index contributed by atoms with van der Waals surface area (Å²) in [6, 6.07) is 0. The van der Waals surface area contributed by atoms with Crippen molar-refractivity contribution in [1.29, 1.82) is 0 Å². The zero-order valence-corrected chi connectivity index (χ0v) is 7.45. The molecular weight excluding hydrogens is 129 g/mol. The van der Waals surface area contributed by atoms with E-state index in [4.69, 9.17) is 5.73 Å². The molecule has 0 unspecified atom stereocenters. The van der Waals surface area contributed by atoms with Gasteiger partial charge in [0, 0.05) is 0 Å². The van der Waals surface area contributed by atoms with Crippen LogP contribution in [0.2, 0.25) is 0 Å². The van der Waals surface area contributed by atoms with Crippen LogP contribution in [0, 0.1) is 0 Å². The monoisotopic (exact) mass is 147 g/mol. The summed E-state index contributed by atoms with van der Waals surface area (Å²) in [4.78, 5) is 0. The average Bonchev–Trinajstić information content (AvgIpc) is 1.91. The second kappa shape index (κ2) is 6.51. The Morgan fingerprint density at radius 3 is 2.11 bits per heavy atom. The summed E-state index contributed by atoms with van der Waals surface area (Å²) in [5.41, 5.74) is 5.40. The van der Waals surface area contributed by atoms with Crippen molar-refractivity contribution in [1.82, 2.24) is 0 Å². The smallest absolute Gasteiger partial charge is 0.00739 e. The van der Waals surface area contributed by atoms with Gasteiger partial charge in [-0.3, -0.25) is 0 Å². The van der Waals surface area contributed by atoms with Crippen LogP contribution in [0.25, 0.3) is 0 Å². The van der Waals surface area contributed by atoms with Crippen LogP contribution in [0.3, 0.4) is 0 Å². The first-order chi connectivity index (χ1) is 4.35. The van der Waals surface area contributed by atoms with Gasteiger partial charge >= 0.3 is 0 Å². The SMILES string of the molecule is CCP(CC)CCCN. The molecule has 56 valence electrons. The van der Waals surface area contributed by atoms with E-state index in [0.717, 1.165) is 6.54 Å². The highest BCUT2D eigenvalue weighted by atomic mass is 31.1. The van der Waals surface area contributed by atoms with Crippen LogP contribution >= 0.6 is 7.92 Å². The zero-order valence-electron chi connectivity index (χ0n) is 6.56. The fourth-order valence-corrected chi connectivity index (χ4v) is 2.56. The van der Waals surface area contributed by atoms with Crippen LogP contribution in [0.15, 0.2) is 0 Å². The molecule has 0 fully saturated rings. The van der Waals surface area contributed by atoms with E-state index in [9.17, 15) is 0 Å². The fraction of sp³-hybridized carbons (Fsp3) is 1.00. The van der Waals surface area contributed by atoms with Gasteiger partial charge in [0.15, 0.2) is 0 Å². The maximum Gasteiger partial charge on any atom is -0.00739 e. The highest BCUT2D eigenvalue weighted by molar-refractivity contribution is 7.57. The maximum absolute atomic E-state index is 5.40. The second-order valence-corrected chi connectivity index (χ2v) is 5.22. The van der Waals surface area contributed by atoms with Gasteiger partial charge in [0.05, 0.1) is 0 Å². The molecule has 0 atom stereocenters. The van der Waals surface area contributed by atoms with E-state index < -0.39 is 0 Å². The summed E-state index contributed by atoms with van der Waals surface area (Å²) >= 11 is 0. The minimum absolute atomic E-state index is 0.358. The molecule has 0 spiro atoms. The third kappa shape index (κ3) is 4.87. The lowest BCUT2D eigenvalue weighted by molar-refractivity contribution is 0.935. The van der Waals surface area contributed by atoms with Gasteiger partial charge in [-0.1, -0.05) is 13.8 Å². The van der Waals surface area contributed by atoms with Crippen molar-refractivity contribution in [3.8, 4) is 0 Å². The molecule has 0 aliphatic heterocycles. The van der Waals surface area contributed by atoms with Gasteiger partial charge in [-0.15, -0.1) is 7.92 Å². The lowest BCUT2D eigenvalue weighted by Gasteiger charge is -2.10. The minimum Gasteiger partial charge on any atom is -0.330 e. The van der Waals surface area contributed by atoms with Crippen molar-refractivity contribution in [3.05, 3.63) is 0 Å². The Hall–Kier alpha value is 0.390. The molecular formula is C7H18NP. The van der Waals surface area contributed by atoms with E-state index in [2.05, 4.69) is 13.8 Å². The quantitative estimate of drug-likeness (QED) is 0.590. The molecule has 0 amide bonds. The third-order valence-electron chi connectivity index (χ3n) is 1.57. The molecule has 0 aliphatic carbocycles. The Bertz CT molecular complexity index is 52.9. The van der Waals surface area contributed by atoms with Gasteiger partial charge in [-0.25, -0.2) is 0 Å². The molecule has 2 N–H and O–H groups in total. The molecule has 1 nitrogen and oxygen atoms in total. The van der Waals surface area contributed by atoms with Crippen molar-refractivity contribution >= 4 is 7.92 Å². The van der Waals surface area contributed by atoms with Gasteiger partial charge in [0.25, 0.3) is 0 Å². The Morgan fingerprint density at radius 2 is 1.78 bits per heavy atom. The van der Waals surface area contributed by atoms with Gasteiger partial charge in [-0.2, -0.15) is 0 Å². The summed E-state index contributed by atoms with van der Waals surface area (Å²) in [7, 11) is 0.358. The van der Waals surface area contributed by atoms with E-state index in [1.54, 1.807) is 0 Å². The predicted molar refractivity (Wildman–Crippen MR) is 46.5 cm³/mol. The van der Waals surface area contributed by atoms with E-state index in [1.165, 1.54) is 24.9 Å². The summed E-state index contributed by atoms with van der Waals surface area (Å²) in [6.07, 6.45) is 5.38. The average molecular weight is 147 g/mol. The minimum atomic E-state index is 0.358. The van der Waals surface area contributed by atoms with Crippen molar-refractivity contribution in [2.24, 2.45) is 5.73 Å². The number of hydrogen-bond donors (Lipinski definition) is 1. The molecule has 0 saturated carbocycles. The highest BCUT2D eigenvalue weighted by Crippen LogP contribution is 2.34. The first-order valence-electron chi connectivity index (χ1n) is 3.77. The highest BCUT2D eigenvalue weighted by Gasteiger charge is 1.99. The van der Waals surface area contributed by atoms with E-state index in [0.29, 0.717) is 7.92 Å². The Kier molecular flexibility index (Phi) is 6.79. The van der Waals surface area contributed by atoms with Crippen LogP contribution in [0.4, 0.5) is 0 Å². The largest absolute Gasteiger partial charge is 0.330 e. The molecule has 0 aliphatic rings. The van der Waals surface area contributed by atoms with Crippen molar-refractivity contribution < 1.29 is 0 Å². The summed E-state index contributed by atoms with van der Waals surface area (Å²) < 4.78 is 0. The summed E-state index contributed by atoms with van der Waals surface area (Å²) in [6.45, 7) is 5.44. The molecule has 2 heteroatoms. The van der Waals surface area contributed by atoms with Crippen LogP contribution < -0.4 is 5.73 Å². The van der Waals surface area contributed by atoms with Crippen LogP contribution in [0.1, 0.15) is 20.3 Å². The molecule has 0 aromatic rings. The molecule has 0 aromatic carbocycles.